The Hall–Kier alpha value is -3.76. The van der Waals surface area contributed by atoms with Crippen molar-refractivity contribution in [2.24, 2.45) is 22.7 Å². The van der Waals surface area contributed by atoms with Crippen molar-refractivity contribution in [3.8, 4) is 0 Å². The highest BCUT2D eigenvalue weighted by Crippen LogP contribution is 2.64. The van der Waals surface area contributed by atoms with E-state index in [1.165, 1.54) is 26.8 Å². The first-order valence-electron chi connectivity index (χ1n) is 15.3. The van der Waals surface area contributed by atoms with Gasteiger partial charge in [-0.1, -0.05) is 50.8 Å². The number of fused-ring (bicyclic) bond motifs is 2. The Morgan fingerprint density at radius 1 is 0.978 bits per heavy atom. The van der Waals surface area contributed by atoms with E-state index >= 15 is 0 Å². The first-order valence-corrected chi connectivity index (χ1v) is 15.3. The molecule has 1 N–H and O–H groups in total. The van der Waals surface area contributed by atoms with Crippen LogP contribution >= 0.6 is 0 Å². The average Bonchev–Trinajstić information content (AvgIpc) is 2.96. The standard InChI is InChI=1S/C35H42O10/c1-19-26(45-27(39)14-13-24-11-9-8-10-12-24)15-16-33(6)28(19)30(42-21(3)36)25-17-35(40)20(2)29(34(25,7)18-41-35)31(43-22(4)37)32(33)44-23(5)38/h8-14,25-26,28,30-32,40H,1,15-18H2,2-7H3/t25-,26-,28+,30-,31+,32-,33+,34+,35-/m1/s1. The van der Waals surface area contributed by atoms with Gasteiger partial charge in [-0.15, -0.1) is 0 Å². The van der Waals surface area contributed by atoms with Crippen LogP contribution in [0.4, 0.5) is 0 Å². The summed E-state index contributed by atoms with van der Waals surface area (Å²) in [5, 5.41) is 11.8. The number of esters is 4. The zero-order valence-corrected chi connectivity index (χ0v) is 26.7. The summed E-state index contributed by atoms with van der Waals surface area (Å²) in [6.07, 6.45) is 0.0508. The minimum absolute atomic E-state index is 0.0434. The highest BCUT2D eigenvalue weighted by molar-refractivity contribution is 5.87. The summed E-state index contributed by atoms with van der Waals surface area (Å²) < 4.78 is 30.1. The number of benzene rings is 1. The van der Waals surface area contributed by atoms with E-state index in [-0.39, 0.29) is 13.0 Å². The third-order valence-electron chi connectivity index (χ3n) is 10.3. The lowest BCUT2D eigenvalue weighted by Gasteiger charge is -2.64. The Labute approximate surface area is 263 Å². The molecule has 242 valence electrons. The molecule has 10 nitrogen and oxygen atoms in total. The van der Waals surface area contributed by atoms with Gasteiger partial charge in [-0.25, -0.2) is 4.79 Å². The molecule has 6 rings (SSSR count). The van der Waals surface area contributed by atoms with Crippen LogP contribution in [0.2, 0.25) is 0 Å². The number of hydrogen-bond acceptors (Lipinski definition) is 10. The van der Waals surface area contributed by atoms with Crippen LogP contribution in [0.5, 0.6) is 0 Å². The van der Waals surface area contributed by atoms with Gasteiger partial charge in [0.05, 0.1) is 6.61 Å². The summed E-state index contributed by atoms with van der Waals surface area (Å²) in [6.45, 7) is 13.9. The van der Waals surface area contributed by atoms with Gasteiger partial charge in [0, 0.05) is 55.9 Å². The minimum Gasteiger partial charge on any atom is -0.462 e. The van der Waals surface area contributed by atoms with Gasteiger partial charge in [0.2, 0.25) is 0 Å². The summed E-state index contributed by atoms with van der Waals surface area (Å²) >= 11 is 0. The first-order chi connectivity index (χ1) is 21.1. The Kier molecular flexibility index (Phi) is 8.61. The van der Waals surface area contributed by atoms with Crippen LogP contribution in [0, 0.1) is 22.7 Å². The Bertz CT molecular complexity index is 1460. The molecule has 0 aromatic heterocycles. The fraction of sp³-hybridized carbons (Fsp3) is 0.543. The minimum atomic E-state index is -1.73. The fourth-order valence-corrected chi connectivity index (χ4v) is 8.25. The Morgan fingerprint density at radius 3 is 2.24 bits per heavy atom. The summed E-state index contributed by atoms with van der Waals surface area (Å²) in [7, 11) is 0. The van der Waals surface area contributed by atoms with E-state index in [1.807, 2.05) is 44.2 Å². The summed E-state index contributed by atoms with van der Waals surface area (Å²) in [5.41, 5.74) is 0.503. The molecule has 0 amide bonds. The van der Waals surface area contributed by atoms with Gasteiger partial charge in [-0.05, 0) is 48.1 Å². The van der Waals surface area contributed by atoms with Crippen molar-refractivity contribution in [2.75, 3.05) is 6.61 Å². The molecule has 2 heterocycles. The van der Waals surface area contributed by atoms with Crippen LogP contribution in [-0.2, 0) is 42.9 Å². The SMILES string of the molecule is C=C1[C@H](OC(=O)C=Cc2ccccc2)CC[C@]2(C)[C@H](OC(C)=O)[C@@H](OC(C)=O)C3=C(C)[C@@]4(O)C[C@H]([C@@H](OC(C)=O)[C@H]12)[C@]3(C)CO4. The second-order valence-corrected chi connectivity index (χ2v) is 13.2. The van der Waals surface area contributed by atoms with Crippen molar-refractivity contribution >= 4 is 30.0 Å². The van der Waals surface area contributed by atoms with E-state index in [1.54, 1.807) is 13.0 Å². The zero-order valence-electron chi connectivity index (χ0n) is 26.7. The monoisotopic (exact) mass is 622 g/mol. The predicted octanol–water partition coefficient (Wildman–Crippen LogP) is 4.45. The molecule has 3 fully saturated rings. The summed E-state index contributed by atoms with van der Waals surface area (Å²) in [5.74, 6) is -5.25. The van der Waals surface area contributed by atoms with E-state index in [4.69, 9.17) is 23.7 Å². The van der Waals surface area contributed by atoms with Crippen molar-refractivity contribution in [2.45, 2.75) is 91.0 Å². The largest absolute Gasteiger partial charge is 0.462 e. The van der Waals surface area contributed by atoms with E-state index in [0.29, 0.717) is 29.6 Å². The van der Waals surface area contributed by atoms with Crippen LogP contribution in [0.1, 0.15) is 66.4 Å². The topological polar surface area (TPSA) is 135 Å². The second kappa shape index (κ2) is 11.9. The van der Waals surface area contributed by atoms with E-state index in [2.05, 4.69) is 6.58 Å². The molecule has 45 heavy (non-hydrogen) atoms. The van der Waals surface area contributed by atoms with Gasteiger partial charge in [-0.2, -0.15) is 0 Å². The first kappa shape index (κ1) is 32.6. The molecule has 10 heteroatoms. The normalized spacial score (nSPS) is 37.3. The highest BCUT2D eigenvalue weighted by Gasteiger charge is 2.69. The van der Waals surface area contributed by atoms with Crippen LogP contribution < -0.4 is 0 Å². The molecular formula is C35H42O10. The van der Waals surface area contributed by atoms with E-state index in [0.717, 1.165) is 5.56 Å². The molecular weight excluding hydrogens is 580 g/mol. The zero-order chi connectivity index (χ0) is 32.9. The molecule has 4 bridgehead atoms. The molecule has 0 radical (unpaired) electrons. The highest BCUT2D eigenvalue weighted by atomic mass is 16.6. The predicted molar refractivity (Wildman–Crippen MR) is 162 cm³/mol. The van der Waals surface area contributed by atoms with Gasteiger partial charge in [-0.3, -0.25) is 14.4 Å². The molecule has 0 unspecified atom stereocenters. The maximum atomic E-state index is 13.0. The van der Waals surface area contributed by atoms with Crippen LogP contribution in [0.3, 0.4) is 0 Å². The molecule has 2 saturated carbocycles. The Morgan fingerprint density at radius 2 is 1.62 bits per heavy atom. The maximum absolute atomic E-state index is 13.0. The van der Waals surface area contributed by atoms with Gasteiger partial charge in [0.1, 0.15) is 18.3 Å². The van der Waals surface area contributed by atoms with Crippen LogP contribution in [-0.4, -0.2) is 65.8 Å². The smallest absolute Gasteiger partial charge is 0.331 e. The summed E-state index contributed by atoms with van der Waals surface area (Å²) in [6, 6.07) is 9.34. The van der Waals surface area contributed by atoms with Gasteiger partial charge in [0.15, 0.2) is 11.9 Å². The number of carbonyl (C=O) groups is 4. The molecule has 3 aliphatic carbocycles. The molecule has 1 saturated heterocycles. The molecule has 1 aromatic rings. The maximum Gasteiger partial charge on any atom is 0.331 e. The molecule has 5 aliphatic rings. The Balaban J connectivity index is 1.64. The number of hydrogen-bond donors (Lipinski definition) is 1. The second-order valence-electron chi connectivity index (χ2n) is 13.2. The third kappa shape index (κ3) is 5.74. The molecule has 9 atom stereocenters. The molecule has 0 spiro atoms. The van der Waals surface area contributed by atoms with Crippen LogP contribution in [0.25, 0.3) is 6.08 Å². The number of aliphatic hydroxyl groups is 1. The lowest BCUT2D eigenvalue weighted by atomic mass is 9.48. The lowest BCUT2D eigenvalue weighted by Crippen LogP contribution is -2.69. The van der Waals surface area contributed by atoms with E-state index < -0.39 is 76.7 Å². The quantitative estimate of drug-likeness (QED) is 0.210. The van der Waals surface area contributed by atoms with Crippen LogP contribution in [0.15, 0.2) is 59.7 Å². The van der Waals surface area contributed by atoms with Crippen molar-refractivity contribution in [3.63, 3.8) is 0 Å². The van der Waals surface area contributed by atoms with Gasteiger partial charge < -0.3 is 28.8 Å². The van der Waals surface area contributed by atoms with Crippen molar-refractivity contribution in [3.05, 3.63) is 65.3 Å². The van der Waals surface area contributed by atoms with Crippen molar-refractivity contribution in [1.82, 2.24) is 0 Å². The molecule has 1 aromatic carbocycles. The van der Waals surface area contributed by atoms with Gasteiger partial charge >= 0.3 is 23.9 Å². The third-order valence-corrected chi connectivity index (χ3v) is 10.3. The lowest BCUT2D eigenvalue weighted by molar-refractivity contribution is -0.284. The average molecular weight is 623 g/mol. The number of ether oxygens (including phenoxy) is 5. The summed E-state index contributed by atoms with van der Waals surface area (Å²) in [4.78, 5) is 51.1. The number of rotatable bonds is 6. The van der Waals surface area contributed by atoms with Crippen molar-refractivity contribution < 1.29 is 48.0 Å². The van der Waals surface area contributed by atoms with E-state index in [9.17, 15) is 24.3 Å². The van der Waals surface area contributed by atoms with Gasteiger partial charge in [0.25, 0.3) is 0 Å². The fourth-order valence-electron chi connectivity index (χ4n) is 8.25. The molecule has 2 aliphatic heterocycles. The number of carbonyl (C=O) groups excluding carboxylic acids is 4. The van der Waals surface area contributed by atoms with Crippen molar-refractivity contribution in [1.29, 1.82) is 0 Å².